The van der Waals surface area contributed by atoms with Crippen LogP contribution in [0.1, 0.15) is 25.0 Å². The average Bonchev–Trinajstić information content (AvgIpc) is 2.80. The van der Waals surface area contributed by atoms with Crippen LogP contribution in [-0.2, 0) is 23.2 Å². The maximum absolute atomic E-state index is 12.2. The molecule has 0 fully saturated rings. The van der Waals surface area contributed by atoms with Gasteiger partial charge in [-0.05, 0) is 43.5 Å². The molecule has 0 saturated carbocycles. The zero-order valence-electron chi connectivity index (χ0n) is 11.5. The summed E-state index contributed by atoms with van der Waals surface area (Å²) in [5, 5.41) is 0. The van der Waals surface area contributed by atoms with Crippen LogP contribution in [0.15, 0.2) is 12.1 Å². The molecule has 2 aliphatic rings. The van der Waals surface area contributed by atoms with E-state index < -0.39 is 10.2 Å². The number of hydrogen-bond acceptors (Lipinski definition) is 4. The van der Waals surface area contributed by atoms with Crippen molar-refractivity contribution in [3.05, 3.63) is 23.3 Å². The predicted molar refractivity (Wildman–Crippen MR) is 73.9 cm³/mol. The minimum atomic E-state index is -3.43. The summed E-state index contributed by atoms with van der Waals surface area (Å²) in [6, 6.07) is 3.73. The molecular formula is C13H18N2O4S. The Morgan fingerprint density at radius 2 is 1.85 bits per heavy atom. The molecule has 1 N–H and O–H groups in total. The molecule has 7 heteroatoms. The monoisotopic (exact) mass is 298 g/mol. The van der Waals surface area contributed by atoms with Crippen molar-refractivity contribution in [1.82, 2.24) is 9.03 Å². The smallest absolute Gasteiger partial charge is 0.279 e. The van der Waals surface area contributed by atoms with Crippen LogP contribution in [0.25, 0.3) is 0 Å². The van der Waals surface area contributed by atoms with E-state index >= 15 is 0 Å². The van der Waals surface area contributed by atoms with E-state index in [9.17, 15) is 8.42 Å². The third kappa shape index (κ3) is 2.48. The highest BCUT2D eigenvalue weighted by molar-refractivity contribution is 7.87. The number of nitrogens with one attached hydrogen (secondary N) is 1. The Kier molecular flexibility index (Phi) is 3.35. The van der Waals surface area contributed by atoms with Crippen molar-refractivity contribution in [3.63, 3.8) is 0 Å². The molecule has 0 bridgehead atoms. The highest BCUT2D eigenvalue weighted by atomic mass is 32.2. The van der Waals surface area contributed by atoms with Gasteiger partial charge in [0.15, 0.2) is 11.5 Å². The van der Waals surface area contributed by atoms with E-state index in [2.05, 4.69) is 4.72 Å². The zero-order valence-corrected chi connectivity index (χ0v) is 12.4. The van der Waals surface area contributed by atoms with Crippen LogP contribution in [-0.4, -0.2) is 32.1 Å². The number of benzene rings is 1. The molecule has 0 spiro atoms. The van der Waals surface area contributed by atoms with Crippen molar-refractivity contribution in [1.29, 1.82) is 0 Å². The molecule has 2 aliphatic heterocycles. The van der Waals surface area contributed by atoms with E-state index in [1.54, 1.807) is 0 Å². The molecule has 0 aliphatic carbocycles. The van der Waals surface area contributed by atoms with E-state index in [1.165, 1.54) is 4.31 Å². The van der Waals surface area contributed by atoms with Crippen LogP contribution in [0, 0.1) is 0 Å². The van der Waals surface area contributed by atoms with Gasteiger partial charge in [-0.2, -0.15) is 17.4 Å². The van der Waals surface area contributed by atoms with Gasteiger partial charge < -0.3 is 9.47 Å². The van der Waals surface area contributed by atoms with Gasteiger partial charge in [0.25, 0.3) is 10.2 Å². The average molecular weight is 298 g/mol. The Balaban J connectivity index is 1.85. The maximum atomic E-state index is 12.2. The first kappa shape index (κ1) is 13.7. The summed E-state index contributed by atoms with van der Waals surface area (Å²) < 4.78 is 39.2. The van der Waals surface area contributed by atoms with Crippen molar-refractivity contribution in [2.75, 3.05) is 13.3 Å². The summed E-state index contributed by atoms with van der Waals surface area (Å²) in [4.78, 5) is 0. The summed E-state index contributed by atoms with van der Waals surface area (Å²) >= 11 is 0. The van der Waals surface area contributed by atoms with Crippen LogP contribution in [0.4, 0.5) is 0 Å². The van der Waals surface area contributed by atoms with Gasteiger partial charge in [0.2, 0.25) is 6.79 Å². The second-order valence-corrected chi connectivity index (χ2v) is 7.04. The van der Waals surface area contributed by atoms with Crippen LogP contribution in [0.3, 0.4) is 0 Å². The Morgan fingerprint density at radius 1 is 1.20 bits per heavy atom. The molecule has 0 saturated heterocycles. The second kappa shape index (κ2) is 4.91. The normalized spacial score (nSPS) is 18.4. The van der Waals surface area contributed by atoms with E-state index in [-0.39, 0.29) is 12.8 Å². The van der Waals surface area contributed by atoms with Crippen LogP contribution in [0.5, 0.6) is 11.5 Å². The molecule has 0 amide bonds. The molecule has 1 aromatic carbocycles. The molecule has 0 unspecified atom stereocenters. The summed E-state index contributed by atoms with van der Waals surface area (Å²) in [6.45, 7) is 4.71. The molecule has 110 valence electrons. The third-order valence-electron chi connectivity index (χ3n) is 3.40. The lowest BCUT2D eigenvalue weighted by molar-refractivity contribution is 0.174. The van der Waals surface area contributed by atoms with E-state index in [0.29, 0.717) is 25.3 Å². The van der Waals surface area contributed by atoms with Crippen molar-refractivity contribution in [2.24, 2.45) is 0 Å². The fraction of sp³-hybridized carbons (Fsp3) is 0.538. The zero-order chi connectivity index (χ0) is 14.3. The molecule has 6 nitrogen and oxygen atoms in total. The quantitative estimate of drug-likeness (QED) is 0.904. The number of ether oxygens (including phenoxy) is 2. The van der Waals surface area contributed by atoms with Crippen molar-refractivity contribution in [2.45, 2.75) is 32.9 Å². The second-order valence-electron chi connectivity index (χ2n) is 5.34. The topological polar surface area (TPSA) is 67.9 Å². The lowest BCUT2D eigenvalue weighted by Gasteiger charge is -2.29. The number of fused-ring (bicyclic) bond motifs is 2. The van der Waals surface area contributed by atoms with E-state index in [4.69, 9.17) is 9.47 Å². The molecule has 1 aromatic rings. The highest BCUT2D eigenvalue weighted by Gasteiger charge is 2.29. The van der Waals surface area contributed by atoms with Gasteiger partial charge in [0.05, 0.1) is 0 Å². The van der Waals surface area contributed by atoms with Crippen molar-refractivity contribution >= 4 is 10.2 Å². The first-order valence-corrected chi connectivity index (χ1v) is 8.08. The Labute approximate surface area is 118 Å². The molecule has 2 heterocycles. The molecule has 20 heavy (non-hydrogen) atoms. The molecule has 0 radical (unpaired) electrons. The first-order chi connectivity index (χ1) is 9.45. The van der Waals surface area contributed by atoms with Gasteiger partial charge in [-0.3, -0.25) is 0 Å². The third-order valence-corrected chi connectivity index (χ3v) is 5.16. The number of nitrogens with zero attached hydrogens (tertiary/aromatic N) is 1. The fourth-order valence-corrected chi connectivity index (χ4v) is 3.88. The SMILES string of the molecule is CC(C)NS(=O)(=O)N1CCc2cc3c(cc2C1)OCO3. The van der Waals surface area contributed by atoms with Gasteiger partial charge in [0.1, 0.15) is 0 Å². The minimum Gasteiger partial charge on any atom is -0.454 e. The number of rotatable bonds is 3. The van der Waals surface area contributed by atoms with Crippen LogP contribution in [0.2, 0.25) is 0 Å². The standard InChI is InChI=1S/C13H18N2O4S/c1-9(2)14-20(16,17)15-4-3-10-5-12-13(19-8-18-12)6-11(10)7-15/h5-6,9,14H,3-4,7-8H2,1-2H3. The van der Waals surface area contributed by atoms with Gasteiger partial charge in [-0.25, -0.2) is 0 Å². The Bertz CT molecular complexity index is 628. The lowest BCUT2D eigenvalue weighted by atomic mass is 10.0. The predicted octanol–water partition coefficient (Wildman–Crippen LogP) is 1.02. The fourth-order valence-electron chi connectivity index (χ4n) is 2.50. The number of hydrogen-bond donors (Lipinski definition) is 1. The first-order valence-electron chi connectivity index (χ1n) is 6.64. The largest absolute Gasteiger partial charge is 0.454 e. The van der Waals surface area contributed by atoms with Crippen LogP contribution < -0.4 is 14.2 Å². The van der Waals surface area contributed by atoms with E-state index in [0.717, 1.165) is 16.9 Å². The van der Waals surface area contributed by atoms with Gasteiger partial charge in [-0.15, -0.1) is 0 Å². The van der Waals surface area contributed by atoms with Gasteiger partial charge >= 0.3 is 0 Å². The Morgan fingerprint density at radius 3 is 2.50 bits per heavy atom. The molecule has 0 aromatic heterocycles. The maximum Gasteiger partial charge on any atom is 0.279 e. The van der Waals surface area contributed by atoms with E-state index in [1.807, 2.05) is 26.0 Å². The molecular weight excluding hydrogens is 280 g/mol. The Hall–Kier alpha value is -1.31. The van der Waals surface area contributed by atoms with Crippen LogP contribution >= 0.6 is 0 Å². The molecule has 0 atom stereocenters. The molecule has 3 rings (SSSR count). The summed E-state index contributed by atoms with van der Waals surface area (Å²) in [7, 11) is -3.43. The summed E-state index contributed by atoms with van der Waals surface area (Å²) in [5.41, 5.74) is 2.11. The lowest BCUT2D eigenvalue weighted by Crippen LogP contribution is -2.45. The highest BCUT2D eigenvalue weighted by Crippen LogP contribution is 2.36. The van der Waals surface area contributed by atoms with Crippen molar-refractivity contribution < 1.29 is 17.9 Å². The summed E-state index contributed by atoms with van der Waals surface area (Å²) in [6.07, 6.45) is 0.685. The van der Waals surface area contributed by atoms with Gasteiger partial charge in [-0.1, -0.05) is 0 Å². The minimum absolute atomic E-state index is 0.113. The summed E-state index contributed by atoms with van der Waals surface area (Å²) in [5.74, 6) is 1.44. The van der Waals surface area contributed by atoms with Crippen molar-refractivity contribution in [3.8, 4) is 11.5 Å². The van der Waals surface area contributed by atoms with Gasteiger partial charge in [0, 0.05) is 19.1 Å².